The third-order valence-corrected chi connectivity index (χ3v) is 3.55. The molecule has 0 amide bonds. The van der Waals surface area contributed by atoms with Gasteiger partial charge in [-0.15, -0.1) is 0 Å². The van der Waals surface area contributed by atoms with Gasteiger partial charge < -0.3 is 0 Å². The van der Waals surface area contributed by atoms with Crippen LogP contribution in [0.4, 0.5) is 0 Å². The summed E-state index contributed by atoms with van der Waals surface area (Å²) in [6, 6.07) is 10.1. The Morgan fingerprint density at radius 3 is 3.00 bits per heavy atom. The third kappa shape index (κ3) is 1.94. The number of benzene rings is 1. The number of nitrogens with zero attached hydrogens (tertiary/aromatic N) is 1. The minimum atomic E-state index is -0.549. The first-order valence-electron chi connectivity index (χ1n) is 4.74. The molecule has 0 bridgehead atoms. The Balaban J connectivity index is 2.43. The molecule has 2 nitrogen and oxygen atoms in total. The fraction of sp³-hybridized carbons (Fsp3) is 0.182. The molecule has 1 heterocycles. The zero-order valence-corrected chi connectivity index (χ0v) is 10.5. The normalized spacial score (nSPS) is 10.1. The molecule has 1 aromatic carbocycles. The number of fused-ring (bicyclic) bond motifs is 1. The van der Waals surface area contributed by atoms with Gasteiger partial charge >= 0.3 is 91.4 Å². The molecule has 2 rings (SSSR count). The van der Waals surface area contributed by atoms with Gasteiger partial charge in [-0.1, -0.05) is 0 Å². The Morgan fingerprint density at radius 2 is 2.14 bits per heavy atom. The van der Waals surface area contributed by atoms with Gasteiger partial charge in [0, 0.05) is 0 Å². The number of hydrogen-bond acceptors (Lipinski definition) is 2. The maximum atomic E-state index is 5.76. The third-order valence-electron chi connectivity index (χ3n) is 1.97. The molecule has 0 N–H and O–H groups in total. The van der Waals surface area contributed by atoms with Crippen LogP contribution in [0.5, 0.6) is 5.75 Å². The summed E-state index contributed by atoms with van der Waals surface area (Å²) < 4.78 is 5.76. The van der Waals surface area contributed by atoms with Crippen molar-refractivity contribution in [2.45, 2.75) is 11.9 Å². The van der Waals surface area contributed by atoms with Gasteiger partial charge in [0.1, 0.15) is 0 Å². The van der Waals surface area contributed by atoms with Crippen LogP contribution < -0.4 is 3.53 Å². The average Bonchev–Trinajstić information content (AvgIpc) is 2.26. The Kier molecular flexibility index (Phi) is 3.11. The van der Waals surface area contributed by atoms with Crippen molar-refractivity contribution in [3.8, 4) is 5.75 Å². The molecule has 0 fully saturated rings. The van der Waals surface area contributed by atoms with Gasteiger partial charge in [0.25, 0.3) is 0 Å². The fourth-order valence-electron chi connectivity index (χ4n) is 1.34. The van der Waals surface area contributed by atoms with E-state index in [4.69, 9.17) is 3.53 Å². The first-order valence-corrected chi connectivity index (χ1v) is 7.44. The summed E-state index contributed by atoms with van der Waals surface area (Å²) in [4.78, 5) is 5.51. The molecule has 0 saturated carbocycles. The van der Waals surface area contributed by atoms with E-state index in [-0.39, 0.29) is 0 Å². The van der Waals surface area contributed by atoms with Gasteiger partial charge in [-0.05, 0) is 0 Å². The van der Waals surface area contributed by atoms with Gasteiger partial charge in [0.15, 0.2) is 0 Å². The predicted octanol–water partition coefficient (Wildman–Crippen LogP) is 2.67. The summed E-state index contributed by atoms with van der Waals surface area (Å²) in [6.07, 6.45) is 1.81. The van der Waals surface area contributed by atoms with E-state index >= 15 is 0 Å². The summed E-state index contributed by atoms with van der Waals surface area (Å²) in [7, 11) is 0. The Hall–Kier alpha value is -0.934. The van der Waals surface area contributed by atoms with Crippen LogP contribution in [0, 0.1) is 0 Å². The monoisotopic (exact) mass is 242 g/mol. The van der Waals surface area contributed by atoms with Gasteiger partial charge in [-0.2, -0.15) is 0 Å². The number of pyridine rings is 1. The molecule has 0 atom stereocenters. The van der Waals surface area contributed by atoms with Crippen molar-refractivity contribution in [2.24, 2.45) is 0 Å². The SMILES string of the molecule is C[CH2][Ga][O]c1cccc2cccnc12. The molecule has 1 aromatic heterocycles. The van der Waals surface area contributed by atoms with E-state index in [1.165, 1.54) is 4.98 Å². The zero-order chi connectivity index (χ0) is 9.80. The van der Waals surface area contributed by atoms with Crippen LogP contribution in [0.15, 0.2) is 36.5 Å². The predicted molar refractivity (Wildman–Crippen MR) is 58.6 cm³/mol. The van der Waals surface area contributed by atoms with Gasteiger partial charge in [0.05, 0.1) is 0 Å². The van der Waals surface area contributed by atoms with Gasteiger partial charge in [-0.3, -0.25) is 0 Å². The van der Waals surface area contributed by atoms with E-state index < -0.39 is 17.8 Å². The average molecular weight is 243 g/mol. The van der Waals surface area contributed by atoms with Crippen LogP contribution >= 0.6 is 0 Å². The van der Waals surface area contributed by atoms with Crippen LogP contribution in [0.25, 0.3) is 10.9 Å². The fourth-order valence-corrected chi connectivity index (χ4v) is 2.47. The second-order valence-corrected chi connectivity index (χ2v) is 5.93. The molecule has 0 spiro atoms. The summed E-state index contributed by atoms with van der Waals surface area (Å²) in [5.74, 6) is 0.949. The molecule has 0 unspecified atom stereocenters. The quantitative estimate of drug-likeness (QED) is 0.773. The maximum absolute atomic E-state index is 5.76. The zero-order valence-electron chi connectivity index (χ0n) is 8.10. The van der Waals surface area contributed by atoms with Crippen molar-refractivity contribution < 1.29 is 3.53 Å². The van der Waals surface area contributed by atoms with E-state index in [9.17, 15) is 0 Å². The number of para-hydroxylation sites is 1. The molecule has 0 aliphatic heterocycles. The Bertz CT molecular complexity index is 425. The van der Waals surface area contributed by atoms with E-state index in [0.717, 1.165) is 16.7 Å². The van der Waals surface area contributed by atoms with E-state index in [0.29, 0.717) is 0 Å². The molecule has 0 aliphatic carbocycles. The summed E-state index contributed by atoms with van der Waals surface area (Å²) in [6.45, 7) is 2.17. The topological polar surface area (TPSA) is 22.1 Å². The molecule has 3 heteroatoms. The van der Waals surface area contributed by atoms with E-state index in [1.54, 1.807) is 0 Å². The summed E-state index contributed by atoms with van der Waals surface area (Å²) in [5, 5.41) is 1.15. The molecule has 0 aliphatic rings. The van der Waals surface area contributed by atoms with Crippen LogP contribution in [-0.2, 0) is 0 Å². The minimum absolute atomic E-state index is 0.549. The molecule has 2 aromatic rings. The van der Waals surface area contributed by atoms with Crippen LogP contribution in [0.2, 0.25) is 4.98 Å². The molecule has 14 heavy (non-hydrogen) atoms. The van der Waals surface area contributed by atoms with Crippen molar-refractivity contribution in [3.05, 3.63) is 36.5 Å². The van der Waals surface area contributed by atoms with E-state index in [2.05, 4.69) is 24.0 Å². The van der Waals surface area contributed by atoms with E-state index in [1.807, 2.05) is 24.4 Å². The first-order chi connectivity index (χ1) is 6.92. The number of hydrogen-bond donors (Lipinski definition) is 0. The Morgan fingerprint density at radius 1 is 1.29 bits per heavy atom. The Labute approximate surface area is 91.5 Å². The van der Waals surface area contributed by atoms with Crippen molar-refractivity contribution >= 4 is 28.7 Å². The molecular formula is C11H11GaNO. The van der Waals surface area contributed by atoms with Gasteiger partial charge in [0.2, 0.25) is 0 Å². The second kappa shape index (κ2) is 4.53. The summed E-state index contributed by atoms with van der Waals surface area (Å²) in [5.41, 5.74) is 0.987. The first kappa shape index (κ1) is 9.61. The van der Waals surface area contributed by atoms with Crippen molar-refractivity contribution in [1.29, 1.82) is 0 Å². The number of aromatic nitrogens is 1. The molecule has 0 saturated heterocycles. The summed E-state index contributed by atoms with van der Waals surface area (Å²) >= 11 is -0.549. The van der Waals surface area contributed by atoms with Crippen LogP contribution in [0.3, 0.4) is 0 Å². The van der Waals surface area contributed by atoms with Gasteiger partial charge in [-0.25, -0.2) is 0 Å². The van der Waals surface area contributed by atoms with Crippen LogP contribution in [-0.4, -0.2) is 22.8 Å². The van der Waals surface area contributed by atoms with Crippen molar-refractivity contribution in [2.75, 3.05) is 0 Å². The molecule has 69 valence electrons. The molecule has 1 radical (unpaired) electrons. The van der Waals surface area contributed by atoms with Crippen LogP contribution in [0.1, 0.15) is 6.92 Å². The molecular weight excluding hydrogens is 232 g/mol. The van der Waals surface area contributed by atoms with Crippen molar-refractivity contribution in [1.82, 2.24) is 4.98 Å². The second-order valence-electron chi connectivity index (χ2n) is 3.02. The van der Waals surface area contributed by atoms with Crippen molar-refractivity contribution in [3.63, 3.8) is 0 Å². The number of rotatable bonds is 3. The standard InChI is InChI=1S/C9H7NO.C2H5.Ga/c11-8-5-1-3-7-4-2-6-10-9(7)8;1-2;/h1-6,11H;1H2,2H3;/q;;+1/p-1.